The van der Waals surface area contributed by atoms with E-state index < -0.39 is 54.5 Å². The van der Waals surface area contributed by atoms with Crippen molar-refractivity contribution in [1.82, 2.24) is 20.9 Å². The zero-order valence-corrected chi connectivity index (χ0v) is 19.9. The third-order valence-electron chi connectivity index (χ3n) is 5.19. The van der Waals surface area contributed by atoms with E-state index in [1.807, 2.05) is 30.5 Å². The van der Waals surface area contributed by atoms with Crippen molar-refractivity contribution in [2.75, 3.05) is 18.6 Å². The lowest BCUT2D eigenvalue weighted by molar-refractivity contribution is -0.142. The second-order valence-corrected chi connectivity index (χ2v) is 8.82. The Morgan fingerprint density at radius 3 is 2.26 bits per heavy atom. The summed E-state index contributed by atoms with van der Waals surface area (Å²) in [7, 11) is 0. The molecule has 0 aliphatic heterocycles. The summed E-state index contributed by atoms with van der Waals surface area (Å²) in [6, 6.07) is 2.92. The van der Waals surface area contributed by atoms with Crippen LogP contribution in [0, 0.1) is 0 Å². The molecule has 0 aliphatic carbocycles. The molecule has 1 heterocycles. The molecule has 0 radical (unpaired) electrons. The van der Waals surface area contributed by atoms with Crippen LogP contribution in [0.5, 0.6) is 0 Å². The van der Waals surface area contributed by atoms with Gasteiger partial charge in [0.2, 0.25) is 17.7 Å². The van der Waals surface area contributed by atoms with E-state index in [0.29, 0.717) is 5.75 Å². The molecule has 1 aromatic carbocycles. The number of hydrogen-bond donors (Lipinski definition) is 7. The molecule has 2 rings (SSSR count). The number of para-hydroxylation sites is 1. The number of nitrogens with one attached hydrogen (secondary N) is 4. The van der Waals surface area contributed by atoms with Gasteiger partial charge in [0.15, 0.2) is 0 Å². The summed E-state index contributed by atoms with van der Waals surface area (Å²) < 4.78 is 0. The zero-order chi connectivity index (χ0) is 25.3. The van der Waals surface area contributed by atoms with Gasteiger partial charge in [-0.3, -0.25) is 14.4 Å². The normalized spacial score (nSPS) is 14.6. The van der Waals surface area contributed by atoms with Crippen molar-refractivity contribution in [3.63, 3.8) is 0 Å². The fourth-order valence-corrected chi connectivity index (χ4v) is 3.74. The standard InChI is InChI=1S/C22H31N5O6S/c1-12(23)19(29)26-17(9-13-10-24-15-6-4-3-5-14(13)15)20(30)27-18(11-28)21(31)25-16(22(32)33)7-8-34-2/h3-6,10,12,16-18,24,28H,7-9,11,23H2,1-2H3,(H,25,31)(H,26,29)(H,27,30)(H,32,33). The maximum absolute atomic E-state index is 13.0. The Morgan fingerprint density at radius 2 is 1.65 bits per heavy atom. The Hall–Kier alpha value is -3.09. The zero-order valence-electron chi connectivity index (χ0n) is 19.0. The predicted molar refractivity (Wildman–Crippen MR) is 129 cm³/mol. The first-order chi connectivity index (χ1) is 16.2. The SMILES string of the molecule is CSCCC(NC(=O)C(CO)NC(=O)C(Cc1c[nH]c2ccccc12)NC(=O)C(C)N)C(=O)O. The number of carbonyl (C=O) groups is 4. The largest absolute Gasteiger partial charge is 0.480 e. The van der Waals surface area contributed by atoms with Crippen LogP contribution in [0.3, 0.4) is 0 Å². The van der Waals surface area contributed by atoms with Gasteiger partial charge < -0.3 is 36.9 Å². The lowest BCUT2D eigenvalue weighted by Crippen LogP contribution is -2.58. The van der Waals surface area contributed by atoms with Gasteiger partial charge in [0.1, 0.15) is 18.1 Å². The van der Waals surface area contributed by atoms with E-state index in [9.17, 15) is 29.4 Å². The summed E-state index contributed by atoms with van der Waals surface area (Å²) in [5, 5.41) is 27.2. The molecule has 12 heteroatoms. The summed E-state index contributed by atoms with van der Waals surface area (Å²) in [5.41, 5.74) is 7.25. The molecule has 11 nitrogen and oxygen atoms in total. The molecule has 3 amide bonds. The smallest absolute Gasteiger partial charge is 0.326 e. The van der Waals surface area contributed by atoms with Gasteiger partial charge in [-0.15, -0.1) is 0 Å². The van der Waals surface area contributed by atoms with Gasteiger partial charge in [0, 0.05) is 23.5 Å². The molecule has 0 fully saturated rings. The number of carboxylic acid groups (broad SMARTS) is 1. The molecule has 34 heavy (non-hydrogen) atoms. The van der Waals surface area contributed by atoms with Crippen molar-refractivity contribution >= 4 is 46.4 Å². The van der Waals surface area contributed by atoms with Gasteiger partial charge in [0.05, 0.1) is 12.6 Å². The van der Waals surface area contributed by atoms with Gasteiger partial charge in [-0.25, -0.2) is 4.79 Å². The second kappa shape index (κ2) is 13.0. The van der Waals surface area contributed by atoms with Gasteiger partial charge in [0.25, 0.3) is 0 Å². The van der Waals surface area contributed by atoms with Crippen LogP contribution in [-0.2, 0) is 25.6 Å². The van der Waals surface area contributed by atoms with Crippen molar-refractivity contribution in [1.29, 1.82) is 0 Å². The maximum atomic E-state index is 13.0. The monoisotopic (exact) mass is 493 g/mol. The number of benzene rings is 1. The van der Waals surface area contributed by atoms with Crippen LogP contribution in [-0.4, -0.2) is 81.7 Å². The molecule has 4 unspecified atom stereocenters. The number of aromatic nitrogens is 1. The number of aliphatic carboxylic acids is 1. The summed E-state index contributed by atoms with van der Waals surface area (Å²) in [6.45, 7) is 0.716. The number of thioether (sulfide) groups is 1. The molecule has 4 atom stereocenters. The highest BCUT2D eigenvalue weighted by Crippen LogP contribution is 2.19. The first-order valence-corrected chi connectivity index (χ1v) is 12.1. The van der Waals surface area contributed by atoms with E-state index in [4.69, 9.17) is 5.73 Å². The number of nitrogens with two attached hydrogens (primary N) is 1. The number of aromatic amines is 1. The molecule has 0 saturated carbocycles. The first-order valence-electron chi connectivity index (χ1n) is 10.7. The van der Waals surface area contributed by atoms with Crippen LogP contribution in [0.15, 0.2) is 30.5 Å². The predicted octanol–water partition coefficient (Wildman–Crippen LogP) is -0.658. The number of H-pyrrole nitrogens is 1. The molecular formula is C22H31N5O6S. The third kappa shape index (κ3) is 7.47. The van der Waals surface area contributed by atoms with Gasteiger partial charge in [-0.05, 0) is 37.0 Å². The Balaban J connectivity index is 2.17. The molecule has 2 aromatic rings. The van der Waals surface area contributed by atoms with E-state index in [-0.39, 0.29) is 12.8 Å². The van der Waals surface area contributed by atoms with Crippen LogP contribution in [0.4, 0.5) is 0 Å². The van der Waals surface area contributed by atoms with Crippen molar-refractivity contribution in [2.24, 2.45) is 5.73 Å². The van der Waals surface area contributed by atoms with Crippen LogP contribution >= 0.6 is 11.8 Å². The number of carbonyl (C=O) groups excluding carboxylic acids is 3. The molecule has 8 N–H and O–H groups in total. The maximum Gasteiger partial charge on any atom is 0.326 e. The third-order valence-corrected chi connectivity index (χ3v) is 5.83. The van der Waals surface area contributed by atoms with E-state index in [2.05, 4.69) is 20.9 Å². The number of rotatable bonds is 13. The van der Waals surface area contributed by atoms with Crippen LogP contribution < -0.4 is 21.7 Å². The van der Waals surface area contributed by atoms with Gasteiger partial charge >= 0.3 is 5.97 Å². The molecular weight excluding hydrogens is 462 g/mol. The summed E-state index contributed by atoms with van der Waals surface area (Å²) in [5.74, 6) is -2.83. The van der Waals surface area contributed by atoms with Crippen LogP contribution in [0.2, 0.25) is 0 Å². The number of carboxylic acids is 1. The molecule has 0 aliphatic rings. The van der Waals surface area contributed by atoms with Gasteiger partial charge in [-0.2, -0.15) is 11.8 Å². The molecule has 0 saturated heterocycles. The molecule has 1 aromatic heterocycles. The summed E-state index contributed by atoms with van der Waals surface area (Å²) in [6.07, 6.45) is 3.81. The minimum absolute atomic E-state index is 0.0968. The fourth-order valence-electron chi connectivity index (χ4n) is 3.26. The topological polar surface area (TPSA) is 187 Å². The van der Waals surface area contributed by atoms with Crippen molar-refractivity contribution in [3.8, 4) is 0 Å². The fraction of sp³-hybridized carbons (Fsp3) is 0.455. The lowest BCUT2D eigenvalue weighted by Gasteiger charge is -2.24. The highest BCUT2D eigenvalue weighted by atomic mass is 32.2. The number of hydrogen-bond acceptors (Lipinski definition) is 7. The van der Waals surface area contributed by atoms with E-state index in [0.717, 1.165) is 16.5 Å². The second-order valence-electron chi connectivity index (χ2n) is 7.84. The lowest BCUT2D eigenvalue weighted by atomic mass is 10.0. The van der Waals surface area contributed by atoms with Gasteiger partial charge in [-0.1, -0.05) is 18.2 Å². The van der Waals surface area contributed by atoms with Crippen LogP contribution in [0.1, 0.15) is 18.9 Å². The minimum Gasteiger partial charge on any atom is -0.480 e. The van der Waals surface area contributed by atoms with E-state index in [1.54, 1.807) is 6.20 Å². The highest BCUT2D eigenvalue weighted by Gasteiger charge is 2.30. The quantitative estimate of drug-likeness (QED) is 0.192. The molecule has 0 spiro atoms. The molecule has 186 valence electrons. The molecule has 0 bridgehead atoms. The highest BCUT2D eigenvalue weighted by molar-refractivity contribution is 7.98. The number of amides is 3. The average Bonchev–Trinajstić information content (AvgIpc) is 3.21. The van der Waals surface area contributed by atoms with Crippen LogP contribution in [0.25, 0.3) is 10.9 Å². The Kier molecular flexibility index (Phi) is 10.4. The minimum atomic E-state index is -1.40. The van der Waals surface area contributed by atoms with Crippen molar-refractivity contribution in [2.45, 2.75) is 43.9 Å². The Bertz CT molecular complexity index is 1010. The van der Waals surface area contributed by atoms with Crippen molar-refractivity contribution < 1.29 is 29.4 Å². The first kappa shape index (κ1) is 27.2. The van der Waals surface area contributed by atoms with Crippen molar-refractivity contribution in [3.05, 3.63) is 36.0 Å². The van der Waals surface area contributed by atoms with E-state index >= 15 is 0 Å². The summed E-state index contributed by atoms with van der Waals surface area (Å²) in [4.78, 5) is 52.4. The summed E-state index contributed by atoms with van der Waals surface area (Å²) >= 11 is 1.43. The van der Waals surface area contributed by atoms with E-state index in [1.165, 1.54) is 18.7 Å². The number of aliphatic hydroxyl groups is 1. The Morgan fingerprint density at radius 1 is 1.03 bits per heavy atom. The Labute approximate surface area is 201 Å². The average molecular weight is 494 g/mol. The number of fused-ring (bicyclic) bond motifs is 1. The number of aliphatic hydroxyl groups excluding tert-OH is 1.